The molecule has 0 heterocycles. The van der Waals surface area contributed by atoms with Crippen LogP contribution >= 0.6 is 0 Å². The van der Waals surface area contributed by atoms with Crippen molar-refractivity contribution in [2.24, 2.45) is 5.73 Å². The summed E-state index contributed by atoms with van der Waals surface area (Å²) in [6.07, 6.45) is 4.47. The quantitative estimate of drug-likeness (QED) is 0.493. The molecule has 0 saturated carbocycles. The number of allylic oxidation sites excluding steroid dienone is 4. The molecule has 2 N–H and O–H groups in total. The third kappa shape index (κ3) is 2.83. The fourth-order valence-corrected chi connectivity index (χ4v) is 0.589. The van der Waals surface area contributed by atoms with E-state index in [-0.39, 0.29) is 11.1 Å². The second kappa shape index (κ2) is 5.91. The van der Waals surface area contributed by atoms with E-state index < -0.39 is 0 Å². The van der Waals surface area contributed by atoms with Gasteiger partial charge in [0.05, 0.1) is 11.1 Å². The lowest BCUT2D eigenvalue weighted by Gasteiger charge is -1.89. The number of nitriles is 2. The van der Waals surface area contributed by atoms with Gasteiger partial charge in [-0.3, -0.25) is 0 Å². The molecule has 0 radical (unpaired) electrons. The second-order valence-electron chi connectivity index (χ2n) is 1.89. The summed E-state index contributed by atoms with van der Waals surface area (Å²) >= 11 is 0. The molecule has 0 aromatic heterocycles. The highest BCUT2D eigenvalue weighted by Gasteiger charge is 1.96. The number of nitrogens with two attached hydrogens (primary N) is 1. The van der Waals surface area contributed by atoms with E-state index in [1.165, 1.54) is 12.2 Å². The van der Waals surface area contributed by atoms with Crippen LogP contribution in [0.4, 0.5) is 0 Å². The van der Waals surface area contributed by atoms with Crippen molar-refractivity contribution in [2.45, 2.75) is 0 Å². The van der Waals surface area contributed by atoms with Gasteiger partial charge in [0.25, 0.3) is 0 Å². The average molecular weight is 159 g/mol. The van der Waals surface area contributed by atoms with Crippen LogP contribution in [0, 0.1) is 22.7 Å². The van der Waals surface area contributed by atoms with Crippen molar-refractivity contribution in [2.75, 3.05) is 6.54 Å². The summed E-state index contributed by atoms with van der Waals surface area (Å²) in [7, 11) is 0. The normalized spacial score (nSPS) is 11.6. The van der Waals surface area contributed by atoms with Crippen LogP contribution < -0.4 is 5.73 Å². The third-order valence-electron chi connectivity index (χ3n) is 1.16. The van der Waals surface area contributed by atoms with E-state index >= 15 is 0 Å². The number of hydrogen-bond donors (Lipinski definition) is 1. The van der Waals surface area contributed by atoms with Gasteiger partial charge in [0, 0.05) is 6.54 Å². The fourth-order valence-electron chi connectivity index (χ4n) is 0.589. The summed E-state index contributed by atoms with van der Waals surface area (Å²) in [5.74, 6) is 0. The average Bonchev–Trinajstić information content (AvgIpc) is 2.12. The number of rotatable bonds is 3. The Balaban J connectivity index is 4.89. The Morgan fingerprint density at radius 3 is 2.25 bits per heavy atom. The van der Waals surface area contributed by atoms with Gasteiger partial charge in [-0.15, -0.1) is 0 Å². The van der Waals surface area contributed by atoms with Gasteiger partial charge >= 0.3 is 0 Å². The van der Waals surface area contributed by atoms with Crippen LogP contribution in [0.25, 0.3) is 0 Å². The standard InChI is InChI=1S/C9H9N3/c1-2-8(6-11)9(7-12)4-3-5-10/h2-4H,1,5,10H2/b4-3-,9-8-. The van der Waals surface area contributed by atoms with Crippen LogP contribution in [0.15, 0.2) is 36.0 Å². The highest BCUT2D eigenvalue weighted by Crippen LogP contribution is 2.04. The first-order valence-corrected chi connectivity index (χ1v) is 3.33. The molecule has 0 unspecified atom stereocenters. The maximum atomic E-state index is 8.59. The summed E-state index contributed by atoms with van der Waals surface area (Å²) in [4.78, 5) is 0. The zero-order chi connectivity index (χ0) is 9.40. The van der Waals surface area contributed by atoms with Crippen molar-refractivity contribution in [3.63, 3.8) is 0 Å². The summed E-state index contributed by atoms with van der Waals surface area (Å²) in [6, 6.07) is 3.74. The predicted molar refractivity (Wildman–Crippen MR) is 46.6 cm³/mol. The first kappa shape index (κ1) is 10.2. The molecule has 0 aliphatic rings. The third-order valence-corrected chi connectivity index (χ3v) is 1.16. The Bertz CT molecular complexity index is 297. The van der Waals surface area contributed by atoms with E-state index in [1.807, 2.05) is 12.1 Å². The van der Waals surface area contributed by atoms with Crippen LogP contribution in [-0.2, 0) is 0 Å². The first-order chi connectivity index (χ1) is 5.79. The largest absolute Gasteiger partial charge is 0.327 e. The van der Waals surface area contributed by atoms with Crippen molar-refractivity contribution in [1.82, 2.24) is 0 Å². The molecule has 3 nitrogen and oxygen atoms in total. The number of hydrogen-bond acceptors (Lipinski definition) is 3. The molecular formula is C9H9N3. The lowest BCUT2D eigenvalue weighted by atomic mass is 10.1. The van der Waals surface area contributed by atoms with E-state index in [0.29, 0.717) is 6.54 Å². The van der Waals surface area contributed by atoms with Gasteiger partial charge in [0.2, 0.25) is 0 Å². The molecule has 0 bridgehead atoms. The molecule has 12 heavy (non-hydrogen) atoms. The highest BCUT2D eigenvalue weighted by atomic mass is 14.5. The van der Waals surface area contributed by atoms with Crippen molar-refractivity contribution in [3.8, 4) is 12.1 Å². The van der Waals surface area contributed by atoms with E-state index in [1.54, 1.807) is 6.08 Å². The molecule has 0 amide bonds. The summed E-state index contributed by atoms with van der Waals surface area (Å²) < 4.78 is 0. The predicted octanol–water partition coefficient (Wildman–Crippen LogP) is 1.03. The summed E-state index contributed by atoms with van der Waals surface area (Å²) in [5.41, 5.74) is 5.74. The van der Waals surface area contributed by atoms with E-state index in [2.05, 4.69) is 6.58 Å². The molecule has 0 atom stereocenters. The van der Waals surface area contributed by atoms with Gasteiger partial charge in [-0.05, 0) is 6.08 Å². The summed E-state index contributed by atoms with van der Waals surface area (Å²) in [6.45, 7) is 3.76. The Morgan fingerprint density at radius 1 is 1.33 bits per heavy atom. The van der Waals surface area contributed by atoms with Gasteiger partial charge in [0.1, 0.15) is 12.1 Å². The maximum Gasteiger partial charge on any atom is 0.100 e. The molecule has 0 aromatic carbocycles. The molecule has 0 aliphatic heterocycles. The molecule has 0 aliphatic carbocycles. The van der Waals surface area contributed by atoms with Crippen LogP contribution in [0.3, 0.4) is 0 Å². The van der Waals surface area contributed by atoms with Crippen LogP contribution in [0.5, 0.6) is 0 Å². The van der Waals surface area contributed by atoms with Crippen LogP contribution in [0.2, 0.25) is 0 Å². The van der Waals surface area contributed by atoms with Gasteiger partial charge in [-0.25, -0.2) is 0 Å². The molecule has 0 saturated heterocycles. The smallest absolute Gasteiger partial charge is 0.100 e. The van der Waals surface area contributed by atoms with Crippen molar-refractivity contribution >= 4 is 0 Å². The zero-order valence-corrected chi connectivity index (χ0v) is 6.62. The number of nitrogens with zero attached hydrogens (tertiary/aromatic N) is 2. The van der Waals surface area contributed by atoms with Crippen molar-refractivity contribution in [1.29, 1.82) is 10.5 Å². The first-order valence-electron chi connectivity index (χ1n) is 3.33. The highest BCUT2D eigenvalue weighted by molar-refractivity contribution is 5.49. The van der Waals surface area contributed by atoms with Gasteiger partial charge in [-0.2, -0.15) is 10.5 Å². The van der Waals surface area contributed by atoms with Gasteiger partial charge < -0.3 is 5.73 Å². The summed E-state index contributed by atoms with van der Waals surface area (Å²) in [5, 5.41) is 17.1. The molecule has 0 fully saturated rings. The zero-order valence-electron chi connectivity index (χ0n) is 6.62. The Labute approximate surface area is 71.7 Å². The minimum atomic E-state index is 0.266. The SMILES string of the molecule is C=C/C(C#N)=C(C#N)\C=C/CN. The Hall–Kier alpha value is -1.84. The second-order valence-corrected chi connectivity index (χ2v) is 1.89. The van der Waals surface area contributed by atoms with Crippen LogP contribution in [-0.4, -0.2) is 6.54 Å². The van der Waals surface area contributed by atoms with Gasteiger partial charge in [-0.1, -0.05) is 18.7 Å². The lowest BCUT2D eigenvalue weighted by Crippen LogP contribution is -1.92. The minimum absolute atomic E-state index is 0.266. The van der Waals surface area contributed by atoms with Gasteiger partial charge in [0.15, 0.2) is 0 Å². The fraction of sp³-hybridized carbons (Fsp3) is 0.111. The molecule has 0 spiro atoms. The molecule has 3 heteroatoms. The van der Waals surface area contributed by atoms with Crippen LogP contribution in [0.1, 0.15) is 0 Å². The van der Waals surface area contributed by atoms with E-state index in [0.717, 1.165) is 0 Å². The van der Waals surface area contributed by atoms with E-state index in [9.17, 15) is 0 Å². The lowest BCUT2D eigenvalue weighted by molar-refractivity contribution is 1.25. The molecule has 60 valence electrons. The Kier molecular flexibility index (Phi) is 5.00. The van der Waals surface area contributed by atoms with E-state index in [4.69, 9.17) is 16.3 Å². The van der Waals surface area contributed by atoms with Crippen molar-refractivity contribution in [3.05, 3.63) is 36.0 Å². The Morgan fingerprint density at radius 2 is 1.92 bits per heavy atom. The van der Waals surface area contributed by atoms with Crippen molar-refractivity contribution < 1.29 is 0 Å². The maximum absolute atomic E-state index is 8.59. The monoisotopic (exact) mass is 159 g/mol. The topological polar surface area (TPSA) is 73.6 Å². The molecule has 0 rings (SSSR count). The minimum Gasteiger partial charge on any atom is -0.327 e. The molecular weight excluding hydrogens is 150 g/mol. The molecule has 0 aromatic rings.